The third-order valence-corrected chi connectivity index (χ3v) is 3.14. The Kier molecular flexibility index (Phi) is 3.00. The minimum Gasteiger partial charge on any atom is -0.493 e. The molecule has 0 saturated heterocycles. The smallest absolute Gasteiger partial charge is 0.240 e. The van der Waals surface area contributed by atoms with E-state index in [4.69, 9.17) is 16.2 Å². The number of nitrogen functional groups attached to an aromatic ring is 1. The number of nitrogens with zero attached hydrogens (tertiary/aromatic N) is 3. The number of pyridine rings is 1. The lowest BCUT2D eigenvalue weighted by atomic mass is 10.1. The van der Waals surface area contributed by atoms with E-state index in [0.717, 1.165) is 16.8 Å². The quantitative estimate of drug-likeness (QED) is 0.750. The van der Waals surface area contributed by atoms with Crippen LogP contribution in [-0.2, 0) is 6.54 Å². The molecule has 3 rings (SSSR count). The number of fused-ring (bicyclic) bond motifs is 1. The summed E-state index contributed by atoms with van der Waals surface area (Å²) >= 11 is 0. The maximum Gasteiger partial charge on any atom is 0.240 e. The lowest BCUT2D eigenvalue weighted by Gasteiger charge is -2.08. The van der Waals surface area contributed by atoms with E-state index in [1.807, 2.05) is 36.4 Å². The van der Waals surface area contributed by atoms with Crippen LogP contribution in [0.4, 0.5) is 5.95 Å². The zero-order valence-electron chi connectivity index (χ0n) is 11.1. The summed E-state index contributed by atoms with van der Waals surface area (Å²) in [5, 5.41) is 4.23. The number of anilines is 1. The zero-order valence-corrected chi connectivity index (χ0v) is 11.1. The van der Waals surface area contributed by atoms with E-state index in [-0.39, 0.29) is 5.95 Å². The van der Waals surface area contributed by atoms with Crippen molar-refractivity contribution in [2.45, 2.75) is 6.54 Å². The number of methoxy groups -OCH3 is 1. The van der Waals surface area contributed by atoms with Gasteiger partial charge in [0.1, 0.15) is 0 Å². The van der Waals surface area contributed by atoms with Crippen LogP contribution in [-0.4, -0.2) is 21.7 Å². The van der Waals surface area contributed by atoms with Gasteiger partial charge in [-0.1, -0.05) is 18.2 Å². The highest BCUT2D eigenvalue weighted by atomic mass is 16.5. The van der Waals surface area contributed by atoms with Gasteiger partial charge in [0.2, 0.25) is 5.95 Å². The van der Waals surface area contributed by atoms with Crippen molar-refractivity contribution in [2.75, 3.05) is 12.8 Å². The highest BCUT2D eigenvalue weighted by Gasteiger charge is 2.12. The summed E-state index contributed by atoms with van der Waals surface area (Å²) in [5.41, 5.74) is 14.9. The van der Waals surface area contributed by atoms with Crippen molar-refractivity contribution in [1.82, 2.24) is 14.6 Å². The molecule has 0 amide bonds. The minimum atomic E-state index is 0.214. The molecule has 6 nitrogen and oxygen atoms in total. The fourth-order valence-corrected chi connectivity index (χ4v) is 2.19. The summed E-state index contributed by atoms with van der Waals surface area (Å²) < 4.78 is 6.96. The van der Waals surface area contributed by atoms with E-state index in [9.17, 15) is 0 Å². The summed E-state index contributed by atoms with van der Waals surface area (Å²) in [4.78, 5) is 4.19. The summed E-state index contributed by atoms with van der Waals surface area (Å²) in [6, 6.07) is 11.8. The SMILES string of the molecule is COc1ccc(-c2cccc(CN)c2)n2nc(N)nc12. The van der Waals surface area contributed by atoms with E-state index in [1.165, 1.54) is 0 Å². The van der Waals surface area contributed by atoms with Gasteiger partial charge in [-0.15, -0.1) is 5.10 Å². The number of rotatable bonds is 3. The van der Waals surface area contributed by atoms with Crippen molar-refractivity contribution in [3.8, 4) is 17.0 Å². The first-order valence-electron chi connectivity index (χ1n) is 6.21. The van der Waals surface area contributed by atoms with Gasteiger partial charge in [-0.3, -0.25) is 0 Å². The third kappa shape index (κ3) is 1.96. The molecule has 0 bridgehead atoms. The minimum absolute atomic E-state index is 0.214. The topological polar surface area (TPSA) is 91.5 Å². The molecule has 0 atom stereocenters. The summed E-state index contributed by atoms with van der Waals surface area (Å²) in [6.07, 6.45) is 0. The second-order valence-corrected chi connectivity index (χ2v) is 4.40. The predicted octanol–water partition coefficient (Wildman–Crippen LogP) is 1.45. The first-order chi connectivity index (χ1) is 9.72. The van der Waals surface area contributed by atoms with Crippen LogP contribution in [0.25, 0.3) is 16.9 Å². The molecule has 6 heteroatoms. The molecule has 0 saturated carbocycles. The number of hydrogen-bond acceptors (Lipinski definition) is 5. The van der Waals surface area contributed by atoms with Gasteiger partial charge in [-0.2, -0.15) is 4.98 Å². The number of hydrogen-bond donors (Lipinski definition) is 2. The normalized spacial score (nSPS) is 10.9. The van der Waals surface area contributed by atoms with Crippen molar-refractivity contribution in [2.24, 2.45) is 5.73 Å². The molecule has 2 heterocycles. The Labute approximate surface area is 116 Å². The molecule has 1 aromatic carbocycles. The molecule has 20 heavy (non-hydrogen) atoms. The van der Waals surface area contributed by atoms with Gasteiger partial charge in [-0.05, 0) is 23.8 Å². The molecule has 4 N–H and O–H groups in total. The maximum absolute atomic E-state index is 5.70. The van der Waals surface area contributed by atoms with Crippen molar-refractivity contribution in [3.05, 3.63) is 42.0 Å². The van der Waals surface area contributed by atoms with Gasteiger partial charge in [0.05, 0.1) is 12.8 Å². The van der Waals surface area contributed by atoms with Gasteiger partial charge in [0.15, 0.2) is 11.4 Å². The molecule has 0 aliphatic heterocycles. The molecule has 102 valence electrons. The molecule has 0 aliphatic carbocycles. The van der Waals surface area contributed by atoms with Crippen LogP contribution >= 0.6 is 0 Å². The molecule has 0 aliphatic rings. The molecule has 3 aromatic rings. The largest absolute Gasteiger partial charge is 0.493 e. The maximum atomic E-state index is 5.70. The lowest BCUT2D eigenvalue weighted by molar-refractivity contribution is 0.416. The van der Waals surface area contributed by atoms with E-state index in [2.05, 4.69) is 10.1 Å². The van der Waals surface area contributed by atoms with E-state index in [1.54, 1.807) is 11.6 Å². The van der Waals surface area contributed by atoms with Crippen LogP contribution in [0.15, 0.2) is 36.4 Å². The van der Waals surface area contributed by atoms with E-state index >= 15 is 0 Å². The second-order valence-electron chi connectivity index (χ2n) is 4.40. The van der Waals surface area contributed by atoms with Crippen molar-refractivity contribution < 1.29 is 4.74 Å². The van der Waals surface area contributed by atoms with Crippen LogP contribution in [0, 0.1) is 0 Å². The second kappa shape index (κ2) is 4.82. The Bertz CT molecular complexity index is 765. The van der Waals surface area contributed by atoms with Gasteiger partial charge in [-0.25, -0.2) is 4.52 Å². The van der Waals surface area contributed by atoms with E-state index < -0.39 is 0 Å². The number of nitrogens with two attached hydrogens (primary N) is 2. The van der Waals surface area contributed by atoms with Crippen LogP contribution in [0.3, 0.4) is 0 Å². The molecule has 0 unspecified atom stereocenters. The third-order valence-electron chi connectivity index (χ3n) is 3.14. The van der Waals surface area contributed by atoms with Crippen molar-refractivity contribution >= 4 is 11.6 Å². The van der Waals surface area contributed by atoms with Crippen LogP contribution < -0.4 is 16.2 Å². The van der Waals surface area contributed by atoms with Crippen LogP contribution in [0.2, 0.25) is 0 Å². The Morgan fingerprint density at radius 3 is 2.85 bits per heavy atom. The first-order valence-corrected chi connectivity index (χ1v) is 6.21. The Hall–Kier alpha value is -2.60. The van der Waals surface area contributed by atoms with E-state index in [0.29, 0.717) is 17.9 Å². The average Bonchev–Trinajstić information content (AvgIpc) is 2.87. The van der Waals surface area contributed by atoms with Crippen molar-refractivity contribution in [1.29, 1.82) is 0 Å². The number of benzene rings is 1. The fraction of sp³-hybridized carbons (Fsp3) is 0.143. The average molecular weight is 269 g/mol. The molecule has 0 radical (unpaired) electrons. The summed E-state index contributed by atoms with van der Waals surface area (Å²) in [7, 11) is 1.59. The van der Waals surface area contributed by atoms with Gasteiger partial charge in [0.25, 0.3) is 0 Å². The highest BCUT2D eigenvalue weighted by molar-refractivity contribution is 5.68. The van der Waals surface area contributed by atoms with Crippen LogP contribution in [0.1, 0.15) is 5.56 Å². The molecule has 0 fully saturated rings. The molecular formula is C14H15N5O. The standard InChI is InChI=1S/C14H15N5O/c1-20-12-6-5-11(19-13(12)17-14(16)18-19)10-4-2-3-9(7-10)8-15/h2-7H,8,15H2,1H3,(H2,16,18). The van der Waals surface area contributed by atoms with Gasteiger partial charge < -0.3 is 16.2 Å². The zero-order chi connectivity index (χ0) is 14.1. The lowest BCUT2D eigenvalue weighted by Crippen LogP contribution is -1.99. The summed E-state index contributed by atoms with van der Waals surface area (Å²) in [6.45, 7) is 0.493. The van der Waals surface area contributed by atoms with Crippen molar-refractivity contribution in [3.63, 3.8) is 0 Å². The summed E-state index contributed by atoms with van der Waals surface area (Å²) in [5.74, 6) is 0.846. The Morgan fingerprint density at radius 1 is 1.25 bits per heavy atom. The van der Waals surface area contributed by atoms with Gasteiger partial charge >= 0.3 is 0 Å². The monoisotopic (exact) mass is 269 g/mol. The Morgan fingerprint density at radius 2 is 2.10 bits per heavy atom. The molecule has 0 spiro atoms. The predicted molar refractivity (Wildman–Crippen MR) is 77.3 cm³/mol. The molecule has 2 aromatic heterocycles. The number of aromatic nitrogens is 3. The highest BCUT2D eigenvalue weighted by Crippen LogP contribution is 2.27. The van der Waals surface area contributed by atoms with Gasteiger partial charge in [0, 0.05) is 12.1 Å². The van der Waals surface area contributed by atoms with Crippen LogP contribution in [0.5, 0.6) is 5.75 Å². The first kappa shape index (κ1) is 12.4. The molecular weight excluding hydrogens is 254 g/mol. The number of ether oxygens (including phenoxy) is 1. The Balaban J connectivity index is 2.25. The fourth-order valence-electron chi connectivity index (χ4n) is 2.19.